The number of hydrogen-bond donors (Lipinski definition) is 1. The van der Waals surface area contributed by atoms with Crippen molar-refractivity contribution in [3.63, 3.8) is 0 Å². The van der Waals surface area contributed by atoms with Gasteiger partial charge in [-0.1, -0.05) is 0 Å². The van der Waals surface area contributed by atoms with Gasteiger partial charge in [0.1, 0.15) is 5.76 Å². The zero-order chi connectivity index (χ0) is 10.7. The Balaban J connectivity index is 2.11. The molecule has 0 aromatic carbocycles. The van der Waals surface area contributed by atoms with Crippen LogP contribution >= 0.6 is 0 Å². The lowest BCUT2D eigenvalue weighted by molar-refractivity contribution is -0.0175. The molecule has 0 aromatic rings. The predicted molar refractivity (Wildman–Crippen MR) is 59.7 cm³/mol. The minimum Gasteiger partial charge on any atom is -0.496 e. The summed E-state index contributed by atoms with van der Waals surface area (Å²) in [4.78, 5) is 0. The summed E-state index contributed by atoms with van der Waals surface area (Å²) in [5, 5.41) is 3.34. The minimum absolute atomic E-state index is 0.0854. The van der Waals surface area contributed by atoms with Crippen LogP contribution < -0.4 is 5.32 Å². The van der Waals surface area contributed by atoms with E-state index in [4.69, 9.17) is 9.47 Å². The fraction of sp³-hybridized carbons (Fsp3) is 0.833. The highest BCUT2D eigenvalue weighted by atomic mass is 16.5. The Bertz CT molecular complexity index is 244. The van der Waals surface area contributed by atoms with Crippen LogP contribution in [0.2, 0.25) is 0 Å². The topological polar surface area (TPSA) is 30.5 Å². The van der Waals surface area contributed by atoms with Crippen molar-refractivity contribution < 1.29 is 9.47 Å². The second-order valence-corrected chi connectivity index (χ2v) is 4.58. The first-order chi connectivity index (χ1) is 7.26. The fourth-order valence-corrected chi connectivity index (χ4v) is 2.55. The molecule has 1 N–H and O–H groups in total. The number of nitrogens with one attached hydrogen (secondary N) is 1. The lowest BCUT2D eigenvalue weighted by Crippen LogP contribution is -2.49. The second kappa shape index (κ2) is 4.54. The normalized spacial score (nSPS) is 33.3. The van der Waals surface area contributed by atoms with E-state index in [2.05, 4.69) is 18.3 Å². The average Bonchev–Trinajstić information content (AvgIpc) is 2.68. The van der Waals surface area contributed by atoms with Gasteiger partial charge in [0.2, 0.25) is 0 Å². The van der Waals surface area contributed by atoms with Crippen LogP contribution in [0, 0.1) is 0 Å². The standard InChI is InChI=1S/C12H21NO2/c1-12(7-5-9-15-12)11(13-2)10-6-3-4-8-14-10/h6,11,13H,3-5,7-9H2,1-2H3. The molecule has 0 radical (unpaired) electrons. The first kappa shape index (κ1) is 11.0. The third-order valence-electron chi connectivity index (χ3n) is 3.40. The Morgan fingerprint density at radius 1 is 1.40 bits per heavy atom. The summed E-state index contributed by atoms with van der Waals surface area (Å²) >= 11 is 0. The first-order valence-corrected chi connectivity index (χ1v) is 5.90. The molecule has 0 bridgehead atoms. The maximum absolute atomic E-state index is 5.86. The van der Waals surface area contributed by atoms with Crippen LogP contribution in [0.25, 0.3) is 0 Å². The van der Waals surface area contributed by atoms with Crippen molar-refractivity contribution in [1.82, 2.24) is 5.32 Å². The molecule has 0 spiro atoms. The van der Waals surface area contributed by atoms with E-state index < -0.39 is 0 Å². The Kier molecular flexibility index (Phi) is 3.32. The van der Waals surface area contributed by atoms with Gasteiger partial charge in [-0.25, -0.2) is 0 Å². The van der Waals surface area contributed by atoms with E-state index in [1.165, 1.54) is 0 Å². The average molecular weight is 211 g/mol. The van der Waals surface area contributed by atoms with E-state index in [0.29, 0.717) is 0 Å². The molecule has 3 nitrogen and oxygen atoms in total. The van der Waals surface area contributed by atoms with Crippen molar-refractivity contribution in [1.29, 1.82) is 0 Å². The molecular weight excluding hydrogens is 190 g/mol. The van der Waals surface area contributed by atoms with Gasteiger partial charge < -0.3 is 14.8 Å². The smallest absolute Gasteiger partial charge is 0.112 e. The molecule has 2 aliphatic rings. The molecule has 3 heteroatoms. The SMILES string of the molecule is CNC(C1=CCCCO1)C1(C)CCCO1. The molecule has 15 heavy (non-hydrogen) atoms. The number of hydrogen-bond acceptors (Lipinski definition) is 3. The van der Waals surface area contributed by atoms with Crippen molar-refractivity contribution in [3.05, 3.63) is 11.8 Å². The molecular formula is C12H21NO2. The number of allylic oxidation sites excluding steroid dienone is 1. The van der Waals surface area contributed by atoms with Crippen LogP contribution in [-0.4, -0.2) is 31.9 Å². The highest BCUT2D eigenvalue weighted by Crippen LogP contribution is 2.33. The number of rotatable bonds is 3. The third kappa shape index (κ3) is 2.18. The number of ether oxygens (including phenoxy) is 2. The van der Waals surface area contributed by atoms with Gasteiger partial charge in [0.25, 0.3) is 0 Å². The van der Waals surface area contributed by atoms with Gasteiger partial charge in [-0.05, 0) is 45.7 Å². The summed E-state index contributed by atoms with van der Waals surface area (Å²) in [6.45, 7) is 3.90. The molecule has 2 heterocycles. The quantitative estimate of drug-likeness (QED) is 0.772. The van der Waals surface area contributed by atoms with Gasteiger partial charge in [0.05, 0.1) is 18.2 Å². The Morgan fingerprint density at radius 3 is 2.80 bits per heavy atom. The summed E-state index contributed by atoms with van der Waals surface area (Å²) in [5.74, 6) is 1.08. The van der Waals surface area contributed by atoms with Crippen LogP contribution in [0.1, 0.15) is 32.6 Å². The van der Waals surface area contributed by atoms with Gasteiger partial charge in [-0.15, -0.1) is 0 Å². The molecule has 0 saturated carbocycles. The van der Waals surface area contributed by atoms with Crippen molar-refractivity contribution in [2.45, 2.75) is 44.2 Å². The van der Waals surface area contributed by atoms with Crippen molar-refractivity contribution in [2.24, 2.45) is 0 Å². The van der Waals surface area contributed by atoms with E-state index in [-0.39, 0.29) is 11.6 Å². The lowest BCUT2D eigenvalue weighted by atomic mass is 9.90. The molecule has 0 aromatic heterocycles. The highest BCUT2D eigenvalue weighted by Gasteiger charge is 2.40. The van der Waals surface area contributed by atoms with Gasteiger partial charge >= 0.3 is 0 Å². The van der Waals surface area contributed by atoms with Crippen LogP contribution in [-0.2, 0) is 9.47 Å². The van der Waals surface area contributed by atoms with Gasteiger partial charge in [-0.3, -0.25) is 0 Å². The van der Waals surface area contributed by atoms with Crippen LogP contribution in [0.3, 0.4) is 0 Å². The zero-order valence-corrected chi connectivity index (χ0v) is 9.71. The summed E-state index contributed by atoms with van der Waals surface area (Å²) in [5.41, 5.74) is -0.0854. The second-order valence-electron chi connectivity index (χ2n) is 4.58. The maximum atomic E-state index is 5.86. The minimum atomic E-state index is -0.0854. The molecule has 2 atom stereocenters. The van der Waals surface area contributed by atoms with Crippen LogP contribution in [0.4, 0.5) is 0 Å². The summed E-state index contributed by atoms with van der Waals surface area (Å²) in [6, 6.07) is 0.209. The molecule has 86 valence electrons. The molecule has 2 unspecified atom stereocenters. The Hall–Kier alpha value is -0.540. The monoisotopic (exact) mass is 211 g/mol. The molecule has 0 amide bonds. The predicted octanol–water partition coefficient (Wildman–Crippen LogP) is 1.84. The third-order valence-corrected chi connectivity index (χ3v) is 3.40. The van der Waals surface area contributed by atoms with Gasteiger partial charge in [-0.2, -0.15) is 0 Å². The maximum Gasteiger partial charge on any atom is 0.112 e. The van der Waals surface area contributed by atoms with Crippen LogP contribution in [0.15, 0.2) is 11.8 Å². The molecule has 2 rings (SSSR count). The molecule has 0 aliphatic carbocycles. The van der Waals surface area contributed by atoms with Crippen molar-refractivity contribution in [3.8, 4) is 0 Å². The molecule has 1 fully saturated rings. The largest absolute Gasteiger partial charge is 0.496 e. The van der Waals surface area contributed by atoms with Crippen LogP contribution in [0.5, 0.6) is 0 Å². The zero-order valence-electron chi connectivity index (χ0n) is 9.71. The van der Waals surface area contributed by atoms with E-state index in [0.717, 1.165) is 44.7 Å². The highest BCUT2D eigenvalue weighted by molar-refractivity contribution is 5.13. The van der Waals surface area contributed by atoms with E-state index in [1.54, 1.807) is 0 Å². The van der Waals surface area contributed by atoms with E-state index >= 15 is 0 Å². The van der Waals surface area contributed by atoms with E-state index in [1.807, 2.05) is 7.05 Å². The van der Waals surface area contributed by atoms with Gasteiger partial charge in [0.15, 0.2) is 0 Å². The Labute approximate surface area is 91.8 Å². The summed E-state index contributed by atoms with van der Waals surface area (Å²) in [7, 11) is 1.98. The summed E-state index contributed by atoms with van der Waals surface area (Å²) in [6.07, 6.45) is 6.74. The molecule has 2 aliphatic heterocycles. The lowest BCUT2D eigenvalue weighted by Gasteiger charge is -2.35. The molecule has 1 saturated heterocycles. The number of likely N-dealkylation sites (N-methyl/N-ethyl adjacent to an activating group) is 1. The van der Waals surface area contributed by atoms with E-state index in [9.17, 15) is 0 Å². The Morgan fingerprint density at radius 2 is 2.27 bits per heavy atom. The first-order valence-electron chi connectivity index (χ1n) is 5.90. The summed E-state index contributed by atoms with van der Waals surface area (Å²) < 4.78 is 11.6. The fourth-order valence-electron chi connectivity index (χ4n) is 2.55. The van der Waals surface area contributed by atoms with Crippen molar-refractivity contribution in [2.75, 3.05) is 20.3 Å². The van der Waals surface area contributed by atoms with Gasteiger partial charge in [0, 0.05) is 6.61 Å². The van der Waals surface area contributed by atoms with Crippen molar-refractivity contribution >= 4 is 0 Å².